The Morgan fingerprint density at radius 3 is 2.35 bits per heavy atom. The lowest BCUT2D eigenvalue weighted by molar-refractivity contribution is -0.168. The number of thioether (sulfide) groups is 1. The van der Waals surface area contributed by atoms with Gasteiger partial charge in [-0.3, -0.25) is 0 Å². The topological polar surface area (TPSA) is 46.5 Å². The molecule has 0 aliphatic rings. The molecule has 0 amide bonds. The predicted octanol–water partition coefficient (Wildman–Crippen LogP) is 3.01. The van der Waals surface area contributed by atoms with Crippen LogP contribution in [0, 0.1) is 0 Å². The van der Waals surface area contributed by atoms with E-state index in [1.54, 1.807) is 0 Å². The highest BCUT2D eigenvalue weighted by atomic mass is 32.2. The van der Waals surface area contributed by atoms with Crippen molar-refractivity contribution in [2.24, 2.45) is 0 Å². The van der Waals surface area contributed by atoms with Crippen molar-refractivity contribution in [2.75, 3.05) is 12.5 Å². The third-order valence-corrected chi connectivity index (χ3v) is 2.57. The summed E-state index contributed by atoms with van der Waals surface area (Å²) >= 11 is 1.07. The van der Waals surface area contributed by atoms with E-state index in [-0.39, 0.29) is 11.5 Å². The van der Waals surface area contributed by atoms with Crippen LogP contribution in [0.5, 0.6) is 0 Å². The zero-order valence-corrected chi connectivity index (χ0v) is 9.35. The molecular formula is C10H9F3O3S. The van der Waals surface area contributed by atoms with E-state index in [2.05, 4.69) is 4.74 Å². The van der Waals surface area contributed by atoms with Gasteiger partial charge in [-0.25, -0.2) is 4.79 Å². The van der Waals surface area contributed by atoms with E-state index in [4.69, 9.17) is 5.11 Å². The average molecular weight is 266 g/mol. The first-order chi connectivity index (χ1) is 7.88. The lowest BCUT2D eigenvalue weighted by atomic mass is 10.2. The molecule has 0 aromatic heterocycles. The molecule has 1 aromatic rings. The lowest BCUT2D eigenvalue weighted by Gasteiger charge is -2.07. The van der Waals surface area contributed by atoms with Gasteiger partial charge >= 0.3 is 12.1 Å². The highest BCUT2D eigenvalue weighted by molar-refractivity contribution is 7.99. The molecule has 7 heteroatoms. The van der Waals surface area contributed by atoms with Crippen LogP contribution >= 0.6 is 11.8 Å². The van der Waals surface area contributed by atoms with Crippen molar-refractivity contribution in [3.63, 3.8) is 0 Å². The van der Waals surface area contributed by atoms with E-state index in [0.717, 1.165) is 11.8 Å². The maximum atomic E-state index is 11.7. The minimum absolute atomic E-state index is 0.130. The van der Waals surface area contributed by atoms with Crippen LogP contribution in [-0.4, -0.2) is 29.8 Å². The number of aromatic carboxylic acids is 1. The summed E-state index contributed by atoms with van der Waals surface area (Å²) in [7, 11) is 0. The van der Waals surface area contributed by atoms with Crippen LogP contribution in [0.3, 0.4) is 0 Å². The Hall–Kier alpha value is -1.21. The number of carboxylic acids is 1. The molecule has 17 heavy (non-hydrogen) atoms. The molecule has 94 valence electrons. The Morgan fingerprint density at radius 1 is 1.29 bits per heavy atom. The summed E-state index contributed by atoms with van der Waals surface area (Å²) in [5.41, 5.74) is 0.130. The number of carbonyl (C=O) groups is 1. The zero-order valence-electron chi connectivity index (χ0n) is 8.53. The average Bonchev–Trinajstić information content (AvgIpc) is 2.24. The first kappa shape index (κ1) is 13.9. The highest BCUT2D eigenvalue weighted by Crippen LogP contribution is 2.20. The summed E-state index contributed by atoms with van der Waals surface area (Å²) in [5, 5.41) is 8.62. The van der Waals surface area contributed by atoms with Crippen molar-refractivity contribution in [2.45, 2.75) is 11.1 Å². The summed E-state index contributed by atoms with van der Waals surface area (Å²) in [6, 6.07) is 5.80. The fourth-order valence-corrected chi connectivity index (χ4v) is 1.59. The van der Waals surface area contributed by atoms with Crippen LogP contribution in [0.4, 0.5) is 13.2 Å². The summed E-state index contributed by atoms with van der Waals surface area (Å²) in [4.78, 5) is 11.2. The Balaban J connectivity index is 2.35. The maximum Gasteiger partial charge on any atom is 0.411 e. The number of carboxylic acid groups (broad SMARTS) is 1. The van der Waals surface area contributed by atoms with E-state index < -0.39 is 18.8 Å². The molecule has 0 bridgehead atoms. The fourth-order valence-electron chi connectivity index (χ4n) is 0.961. The third-order valence-electron chi connectivity index (χ3n) is 1.68. The Kier molecular flexibility index (Phi) is 4.83. The molecule has 1 N–H and O–H groups in total. The van der Waals surface area contributed by atoms with E-state index >= 15 is 0 Å². The molecule has 1 aromatic carbocycles. The van der Waals surface area contributed by atoms with E-state index in [9.17, 15) is 18.0 Å². The number of halogens is 3. The van der Waals surface area contributed by atoms with Gasteiger partial charge in [0.25, 0.3) is 0 Å². The van der Waals surface area contributed by atoms with Crippen molar-refractivity contribution in [3.8, 4) is 0 Å². The van der Waals surface area contributed by atoms with Crippen LogP contribution in [-0.2, 0) is 4.74 Å². The second kappa shape index (κ2) is 5.92. The molecule has 3 nitrogen and oxygen atoms in total. The summed E-state index contributed by atoms with van der Waals surface area (Å²) in [5.74, 6) is -1.18. The second-order valence-corrected chi connectivity index (χ2v) is 4.05. The largest absolute Gasteiger partial charge is 0.478 e. The van der Waals surface area contributed by atoms with Gasteiger partial charge in [-0.05, 0) is 24.3 Å². The zero-order chi connectivity index (χ0) is 12.9. The van der Waals surface area contributed by atoms with Crippen LogP contribution < -0.4 is 0 Å². The van der Waals surface area contributed by atoms with Crippen molar-refractivity contribution < 1.29 is 27.8 Å². The van der Waals surface area contributed by atoms with Crippen LogP contribution in [0.15, 0.2) is 29.2 Å². The predicted molar refractivity (Wildman–Crippen MR) is 56.1 cm³/mol. The van der Waals surface area contributed by atoms with Gasteiger partial charge in [0, 0.05) is 4.90 Å². The number of ether oxygens (including phenoxy) is 1. The molecule has 0 heterocycles. The molecule has 1 rings (SSSR count). The first-order valence-corrected chi connectivity index (χ1v) is 5.48. The van der Waals surface area contributed by atoms with Gasteiger partial charge < -0.3 is 9.84 Å². The summed E-state index contributed by atoms with van der Waals surface area (Å²) in [6.07, 6.45) is -4.33. The maximum absolute atomic E-state index is 11.7. The van der Waals surface area contributed by atoms with Gasteiger partial charge in [0.2, 0.25) is 0 Å². The van der Waals surface area contributed by atoms with E-state index in [0.29, 0.717) is 4.90 Å². The van der Waals surface area contributed by atoms with Crippen molar-refractivity contribution >= 4 is 17.7 Å². The Bertz CT molecular complexity index is 375. The molecule has 0 aliphatic heterocycles. The van der Waals surface area contributed by atoms with Crippen molar-refractivity contribution in [1.29, 1.82) is 0 Å². The molecule has 0 fully saturated rings. The molecular weight excluding hydrogens is 257 g/mol. The van der Waals surface area contributed by atoms with E-state index in [1.165, 1.54) is 24.3 Å². The fraction of sp³-hybridized carbons (Fsp3) is 0.300. The molecule has 0 saturated heterocycles. The number of alkyl halides is 3. The summed E-state index contributed by atoms with van der Waals surface area (Å²) < 4.78 is 39.6. The number of benzene rings is 1. The molecule has 0 saturated carbocycles. The Labute approximate surface area is 99.6 Å². The van der Waals surface area contributed by atoms with Gasteiger partial charge in [-0.15, -0.1) is 0 Å². The van der Waals surface area contributed by atoms with Crippen LogP contribution in [0.25, 0.3) is 0 Å². The van der Waals surface area contributed by atoms with Crippen LogP contribution in [0.1, 0.15) is 10.4 Å². The van der Waals surface area contributed by atoms with Crippen LogP contribution in [0.2, 0.25) is 0 Å². The first-order valence-electron chi connectivity index (χ1n) is 4.49. The normalized spacial score (nSPS) is 11.5. The number of rotatable bonds is 5. The van der Waals surface area contributed by atoms with Gasteiger partial charge in [-0.2, -0.15) is 13.2 Å². The van der Waals surface area contributed by atoms with Gasteiger partial charge in [0.15, 0.2) is 0 Å². The minimum atomic E-state index is -4.33. The second-order valence-electron chi connectivity index (χ2n) is 3.06. The lowest BCUT2D eigenvalue weighted by Crippen LogP contribution is -2.16. The monoisotopic (exact) mass is 266 g/mol. The third kappa shape index (κ3) is 5.60. The van der Waals surface area contributed by atoms with Crippen molar-refractivity contribution in [1.82, 2.24) is 0 Å². The SMILES string of the molecule is O=C(O)c1ccc(SCOCC(F)(F)F)cc1. The minimum Gasteiger partial charge on any atom is -0.478 e. The standard InChI is InChI=1S/C10H9F3O3S/c11-10(12,13)5-16-6-17-8-3-1-7(2-4-8)9(14)15/h1-4H,5-6H2,(H,14,15). The van der Waals surface area contributed by atoms with Gasteiger partial charge in [-0.1, -0.05) is 11.8 Å². The number of hydrogen-bond acceptors (Lipinski definition) is 3. The van der Waals surface area contributed by atoms with Gasteiger partial charge in [0.05, 0.1) is 11.5 Å². The quantitative estimate of drug-likeness (QED) is 0.505. The Morgan fingerprint density at radius 2 is 1.88 bits per heavy atom. The molecule has 0 unspecified atom stereocenters. The smallest absolute Gasteiger partial charge is 0.411 e. The molecule has 0 radical (unpaired) electrons. The molecule has 0 spiro atoms. The highest BCUT2D eigenvalue weighted by Gasteiger charge is 2.27. The summed E-state index contributed by atoms with van der Waals surface area (Å²) in [6.45, 7) is -1.28. The number of hydrogen-bond donors (Lipinski definition) is 1. The molecule has 0 atom stereocenters. The van der Waals surface area contributed by atoms with Crippen molar-refractivity contribution in [3.05, 3.63) is 29.8 Å². The molecule has 0 aliphatic carbocycles. The van der Waals surface area contributed by atoms with Gasteiger partial charge in [0.1, 0.15) is 6.61 Å². The van der Waals surface area contributed by atoms with E-state index in [1.807, 2.05) is 0 Å².